The normalized spacial score (nSPS) is 19.1. The number of aryl methyl sites for hydroxylation is 1. The molecule has 28 heavy (non-hydrogen) atoms. The van der Waals surface area contributed by atoms with Crippen molar-refractivity contribution >= 4 is 29.2 Å². The Morgan fingerprint density at radius 2 is 1.79 bits per heavy atom. The zero-order valence-electron chi connectivity index (χ0n) is 15.7. The van der Waals surface area contributed by atoms with Crippen LogP contribution in [0.25, 0.3) is 6.08 Å². The molecule has 4 rings (SSSR count). The Morgan fingerprint density at radius 3 is 2.50 bits per heavy atom. The third-order valence-electron chi connectivity index (χ3n) is 4.97. The predicted molar refractivity (Wildman–Crippen MR) is 108 cm³/mol. The summed E-state index contributed by atoms with van der Waals surface area (Å²) in [4.78, 5) is 29.8. The SMILES string of the molecule is Cc1ccsc1C=CC(=O)N1CCN(C(=O)C2COc3ccccc3O2)CC1. The van der Waals surface area contributed by atoms with Crippen LogP contribution in [0, 0.1) is 6.92 Å². The van der Waals surface area contributed by atoms with E-state index in [4.69, 9.17) is 9.47 Å². The van der Waals surface area contributed by atoms with Crippen LogP contribution < -0.4 is 9.47 Å². The molecule has 2 amide bonds. The average Bonchev–Trinajstić information content (AvgIpc) is 3.16. The number of benzene rings is 1. The summed E-state index contributed by atoms with van der Waals surface area (Å²) >= 11 is 1.62. The molecule has 1 fully saturated rings. The van der Waals surface area contributed by atoms with Gasteiger partial charge < -0.3 is 19.3 Å². The molecule has 1 unspecified atom stereocenters. The number of amides is 2. The lowest BCUT2D eigenvalue weighted by Gasteiger charge is -2.36. The summed E-state index contributed by atoms with van der Waals surface area (Å²) in [5.41, 5.74) is 1.17. The summed E-state index contributed by atoms with van der Waals surface area (Å²) < 4.78 is 11.4. The van der Waals surface area contributed by atoms with Crippen LogP contribution in [0.2, 0.25) is 0 Å². The lowest BCUT2D eigenvalue weighted by Crippen LogP contribution is -2.54. The first-order valence-electron chi connectivity index (χ1n) is 9.30. The number of hydrogen-bond donors (Lipinski definition) is 0. The van der Waals surface area contributed by atoms with E-state index in [1.54, 1.807) is 33.3 Å². The molecule has 3 heterocycles. The van der Waals surface area contributed by atoms with E-state index in [0.717, 1.165) is 4.88 Å². The first-order chi connectivity index (χ1) is 13.6. The second-order valence-electron chi connectivity index (χ2n) is 6.82. The second kappa shape index (κ2) is 8.06. The average molecular weight is 398 g/mol. The van der Waals surface area contributed by atoms with Crippen molar-refractivity contribution in [1.82, 2.24) is 9.80 Å². The third-order valence-corrected chi connectivity index (χ3v) is 5.95. The van der Waals surface area contributed by atoms with Gasteiger partial charge in [-0.25, -0.2) is 0 Å². The fourth-order valence-corrected chi connectivity index (χ4v) is 4.12. The number of ether oxygens (including phenoxy) is 2. The number of fused-ring (bicyclic) bond motifs is 1. The van der Waals surface area contributed by atoms with Crippen LogP contribution in [0.1, 0.15) is 10.4 Å². The van der Waals surface area contributed by atoms with Gasteiger partial charge in [-0.3, -0.25) is 9.59 Å². The van der Waals surface area contributed by atoms with E-state index < -0.39 is 6.10 Å². The third kappa shape index (κ3) is 3.89. The molecule has 0 aliphatic carbocycles. The summed E-state index contributed by atoms with van der Waals surface area (Å²) in [5.74, 6) is 1.14. The van der Waals surface area contributed by atoms with Gasteiger partial charge in [-0.2, -0.15) is 0 Å². The Balaban J connectivity index is 1.30. The van der Waals surface area contributed by atoms with Crippen LogP contribution in [0.4, 0.5) is 0 Å². The number of rotatable bonds is 3. The molecule has 0 saturated carbocycles. The van der Waals surface area contributed by atoms with Crippen LogP contribution in [0.15, 0.2) is 41.8 Å². The van der Waals surface area contributed by atoms with Gasteiger partial charge in [0.25, 0.3) is 5.91 Å². The maximum atomic E-state index is 12.8. The van der Waals surface area contributed by atoms with Crippen molar-refractivity contribution in [3.63, 3.8) is 0 Å². The Labute approximate surface area is 168 Å². The lowest BCUT2D eigenvalue weighted by molar-refractivity contribution is -0.145. The molecule has 1 aromatic carbocycles. The molecule has 6 nitrogen and oxygen atoms in total. The van der Waals surface area contributed by atoms with Gasteiger partial charge in [0.1, 0.15) is 6.61 Å². The van der Waals surface area contributed by atoms with Crippen LogP contribution in [0.5, 0.6) is 11.5 Å². The Bertz CT molecular complexity index is 899. The summed E-state index contributed by atoms with van der Waals surface area (Å²) in [7, 11) is 0. The highest BCUT2D eigenvalue weighted by atomic mass is 32.1. The number of piperazine rings is 1. The van der Waals surface area contributed by atoms with Crippen molar-refractivity contribution in [3.8, 4) is 11.5 Å². The monoisotopic (exact) mass is 398 g/mol. The first kappa shape index (κ1) is 18.6. The van der Waals surface area contributed by atoms with E-state index in [9.17, 15) is 9.59 Å². The standard InChI is InChI=1S/C21H22N2O4S/c1-15-8-13-28-19(15)6-7-20(24)22-9-11-23(12-10-22)21(25)18-14-26-16-4-2-3-5-17(16)27-18/h2-8,13,18H,9-12,14H2,1H3. The smallest absolute Gasteiger partial charge is 0.267 e. The molecule has 1 saturated heterocycles. The molecule has 1 aromatic heterocycles. The highest BCUT2D eigenvalue weighted by Crippen LogP contribution is 2.31. The second-order valence-corrected chi connectivity index (χ2v) is 7.76. The van der Waals surface area contributed by atoms with Gasteiger partial charge in [0, 0.05) is 37.1 Å². The minimum atomic E-state index is -0.640. The Hall–Kier alpha value is -2.80. The van der Waals surface area contributed by atoms with Gasteiger partial charge in [-0.1, -0.05) is 12.1 Å². The highest BCUT2D eigenvalue weighted by Gasteiger charge is 2.33. The van der Waals surface area contributed by atoms with Gasteiger partial charge in [0.15, 0.2) is 11.5 Å². The lowest BCUT2D eigenvalue weighted by atomic mass is 10.2. The molecule has 7 heteroatoms. The maximum absolute atomic E-state index is 12.8. The largest absolute Gasteiger partial charge is 0.485 e. The van der Waals surface area contributed by atoms with Crippen LogP contribution in [-0.2, 0) is 9.59 Å². The van der Waals surface area contributed by atoms with Gasteiger partial charge in [0.2, 0.25) is 12.0 Å². The van der Waals surface area contributed by atoms with Crippen LogP contribution in [0.3, 0.4) is 0 Å². The van der Waals surface area contributed by atoms with E-state index in [0.29, 0.717) is 37.7 Å². The number of thiophene rings is 1. The van der Waals surface area contributed by atoms with E-state index in [1.165, 1.54) is 5.56 Å². The highest BCUT2D eigenvalue weighted by molar-refractivity contribution is 7.11. The minimum Gasteiger partial charge on any atom is -0.485 e. The van der Waals surface area contributed by atoms with E-state index in [2.05, 4.69) is 0 Å². The van der Waals surface area contributed by atoms with E-state index >= 15 is 0 Å². The maximum Gasteiger partial charge on any atom is 0.267 e. The molecule has 0 spiro atoms. The number of hydrogen-bond acceptors (Lipinski definition) is 5. The Morgan fingerprint density at radius 1 is 1.07 bits per heavy atom. The molecule has 2 aliphatic heterocycles. The molecular weight excluding hydrogens is 376 g/mol. The number of nitrogens with zero attached hydrogens (tertiary/aromatic N) is 2. The summed E-state index contributed by atoms with van der Waals surface area (Å²) in [6.45, 7) is 4.26. The number of carbonyl (C=O) groups excluding carboxylic acids is 2. The van der Waals surface area contributed by atoms with Crippen LogP contribution in [-0.4, -0.2) is 60.5 Å². The van der Waals surface area contributed by atoms with Crippen LogP contribution >= 0.6 is 11.3 Å². The topological polar surface area (TPSA) is 59.1 Å². The van der Waals surface area contributed by atoms with Crippen molar-refractivity contribution in [2.75, 3.05) is 32.8 Å². The summed E-state index contributed by atoms with van der Waals surface area (Å²) in [6.07, 6.45) is 2.84. The van der Waals surface area contributed by atoms with E-state index in [-0.39, 0.29) is 18.4 Å². The summed E-state index contributed by atoms with van der Waals surface area (Å²) in [6, 6.07) is 9.38. The van der Waals surface area contributed by atoms with E-state index in [1.807, 2.05) is 42.6 Å². The Kier molecular flexibility index (Phi) is 5.34. The summed E-state index contributed by atoms with van der Waals surface area (Å²) in [5, 5.41) is 2.01. The number of carbonyl (C=O) groups is 2. The zero-order chi connectivity index (χ0) is 19.5. The molecule has 0 bridgehead atoms. The molecule has 2 aromatic rings. The molecular formula is C21H22N2O4S. The van der Waals surface area contributed by atoms with Gasteiger partial charge >= 0.3 is 0 Å². The van der Waals surface area contributed by atoms with Gasteiger partial charge in [-0.15, -0.1) is 11.3 Å². The first-order valence-corrected chi connectivity index (χ1v) is 10.2. The molecule has 0 radical (unpaired) electrons. The zero-order valence-corrected chi connectivity index (χ0v) is 16.5. The molecule has 1 atom stereocenters. The number of para-hydroxylation sites is 2. The van der Waals surface area contributed by atoms with Gasteiger partial charge in [0.05, 0.1) is 0 Å². The molecule has 2 aliphatic rings. The van der Waals surface area contributed by atoms with Crippen molar-refractivity contribution in [1.29, 1.82) is 0 Å². The fourth-order valence-electron chi connectivity index (χ4n) is 3.30. The molecule has 0 N–H and O–H groups in total. The minimum absolute atomic E-state index is 0.0222. The van der Waals surface area contributed by atoms with Crippen molar-refractivity contribution in [2.24, 2.45) is 0 Å². The van der Waals surface area contributed by atoms with Crippen molar-refractivity contribution < 1.29 is 19.1 Å². The van der Waals surface area contributed by atoms with Crippen molar-refractivity contribution in [3.05, 3.63) is 52.2 Å². The van der Waals surface area contributed by atoms with Crippen molar-refractivity contribution in [2.45, 2.75) is 13.0 Å². The quantitative estimate of drug-likeness (QED) is 0.746. The fraction of sp³-hybridized carbons (Fsp3) is 0.333. The van der Waals surface area contributed by atoms with Gasteiger partial charge in [-0.05, 0) is 42.1 Å². The predicted octanol–water partition coefficient (Wildman–Crippen LogP) is 2.58. The molecule has 146 valence electrons.